The third-order valence-corrected chi connectivity index (χ3v) is 7.01. The van der Waals surface area contributed by atoms with Gasteiger partial charge in [0.2, 0.25) is 15.9 Å². The molecule has 0 aliphatic carbocycles. The van der Waals surface area contributed by atoms with E-state index in [1.807, 2.05) is 0 Å². The molecule has 11 heteroatoms. The zero-order valence-corrected chi connectivity index (χ0v) is 20.4. The van der Waals surface area contributed by atoms with Crippen molar-refractivity contribution >= 4 is 68.2 Å². The summed E-state index contributed by atoms with van der Waals surface area (Å²) in [5.41, 5.74) is 1.34. The van der Waals surface area contributed by atoms with Crippen LogP contribution in [-0.4, -0.2) is 25.5 Å². The molecule has 4 N–H and O–H groups in total. The number of anilines is 2. The van der Waals surface area contributed by atoms with Gasteiger partial charge < -0.3 is 10.6 Å². The smallest absolute Gasteiger partial charge is 0.257 e. The molecule has 0 aromatic heterocycles. The van der Waals surface area contributed by atoms with Gasteiger partial charge in [0.1, 0.15) is 0 Å². The highest BCUT2D eigenvalue weighted by Gasteiger charge is 2.16. The minimum absolute atomic E-state index is 0.0339. The highest BCUT2D eigenvalue weighted by molar-refractivity contribution is 8.00. The summed E-state index contributed by atoms with van der Waals surface area (Å²) in [5.74, 6) is -0.614. The summed E-state index contributed by atoms with van der Waals surface area (Å²) in [5, 5.41) is 10.8. The van der Waals surface area contributed by atoms with Crippen molar-refractivity contribution in [1.82, 2.24) is 0 Å². The van der Waals surface area contributed by atoms with E-state index in [9.17, 15) is 18.0 Å². The second-order valence-electron chi connectivity index (χ2n) is 6.92. The van der Waals surface area contributed by atoms with Crippen LogP contribution in [0.2, 0.25) is 10.0 Å². The molecular formula is C22H19Cl2N3O4S2. The SMILES string of the molecule is CC(Sc1ccc(NC(=O)c2ccc(Cl)cc2Cl)cc1)C(=O)Nc1ccc(S(N)(=O)=O)cc1. The third kappa shape index (κ3) is 6.96. The summed E-state index contributed by atoms with van der Waals surface area (Å²) in [7, 11) is -3.79. The summed E-state index contributed by atoms with van der Waals surface area (Å²) >= 11 is 13.3. The predicted molar refractivity (Wildman–Crippen MR) is 133 cm³/mol. The molecule has 0 fully saturated rings. The molecule has 0 spiro atoms. The molecule has 1 atom stereocenters. The Labute approximate surface area is 205 Å². The Morgan fingerprint density at radius 3 is 2.06 bits per heavy atom. The van der Waals surface area contributed by atoms with Crippen molar-refractivity contribution in [3.05, 3.63) is 82.3 Å². The van der Waals surface area contributed by atoms with Crippen molar-refractivity contribution in [2.45, 2.75) is 22.0 Å². The van der Waals surface area contributed by atoms with Gasteiger partial charge in [0.05, 0.1) is 20.7 Å². The predicted octanol–water partition coefficient (Wildman–Crippen LogP) is 5.01. The molecule has 2 amide bonds. The van der Waals surface area contributed by atoms with E-state index in [0.717, 1.165) is 4.90 Å². The molecule has 3 aromatic rings. The first-order valence-corrected chi connectivity index (χ1v) is 12.7. The second-order valence-corrected chi connectivity index (χ2v) is 10.7. The molecule has 1 unspecified atom stereocenters. The van der Waals surface area contributed by atoms with Crippen molar-refractivity contribution in [3.63, 3.8) is 0 Å². The maximum Gasteiger partial charge on any atom is 0.257 e. The minimum Gasteiger partial charge on any atom is -0.325 e. The number of thioether (sulfide) groups is 1. The largest absolute Gasteiger partial charge is 0.325 e. The average molecular weight is 524 g/mol. The first-order chi connectivity index (χ1) is 15.5. The Balaban J connectivity index is 1.57. The van der Waals surface area contributed by atoms with Gasteiger partial charge in [-0.05, 0) is 73.7 Å². The topological polar surface area (TPSA) is 118 Å². The third-order valence-electron chi connectivity index (χ3n) is 4.42. The standard InChI is InChI=1S/C22H19Cl2N3O4S2/c1-13(21(28)26-16-5-9-18(10-6-16)33(25,30)31)32-17-7-3-15(4-8-17)27-22(29)19-11-2-14(23)12-20(19)24/h2-13H,1H3,(H,26,28)(H,27,29)(H2,25,30,31). The van der Waals surface area contributed by atoms with Gasteiger partial charge in [0, 0.05) is 21.3 Å². The number of carbonyl (C=O) groups is 2. The quantitative estimate of drug-likeness (QED) is 0.376. The van der Waals surface area contributed by atoms with E-state index in [4.69, 9.17) is 28.3 Å². The number of sulfonamides is 1. The Morgan fingerprint density at radius 1 is 0.909 bits per heavy atom. The van der Waals surface area contributed by atoms with Gasteiger partial charge in [-0.3, -0.25) is 9.59 Å². The molecule has 0 heterocycles. The fourth-order valence-corrected chi connectivity index (χ4v) is 4.60. The number of carbonyl (C=O) groups excluding carboxylic acids is 2. The molecule has 3 aromatic carbocycles. The number of amides is 2. The summed E-state index contributed by atoms with van der Waals surface area (Å²) in [6.07, 6.45) is 0. The number of halogens is 2. The first-order valence-electron chi connectivity index (χ1n) is 9.50. The van der Waals surface area contributed by atoms with Crippen molar-refractivity contribution in [1.29, 1.82) is 0 Å². The van der Waals surface area contributed by atoms with Gasteiger partial charge in [-0.2, -0.15) is 0 Å². The Hall–Kier alpha value is -2.56. The van der Waals surface area contributed by atoms with Crippen LogP contribution < -0.4 is 15.8 Å². The van der Waals surface area contributed by atoms with E-state index in [1.54, 1.807) is 43.3 Å². The molecule has 0 aliphatic heterocycles. The van der Waals surface area contributed by atoms with Gasteiger partial charge in [0.25, 0.3) is 5.91 Å². The normalized spacial score (nSPS) is 12.1. The van der Waals surface area contributed by atoms with Gasteiger partial charge in [-0.15, -0.1) is 11.8 Å². The van der Waals surface area contributed by atoms with Crippen LogP contribution in [-0.2, 0) is 14.8 Å². The molecule has 0 saturated carbocycles. The van der Waals surface area contributed by atoms with E-state index in [2.05, 4.69) is 10.6 Å². The molecule has 7 nitrogen and oxygen atoms in total. The van der Waals surface area contributed by atoms with E-state index in [1.165, 1.54) is 42.1 Å². The zero-order chi connectivity index (χ0) is 24.2. The molecular weight excluding hydrogens is 505 g/mol. The van der Waals surface area contributed by atoms with Gasteiger partial charge >= 0.3 is 0 Å². The van der Waals surface area contributed by atoms with E-state index in [-0.39, 0.29) is 21.7 Å². The highest BCUT2D eigenvalue weighted by Crippen LogP contribution is 2.27. The lowest BCUT2D eigenvalue weighted by atomic mass is 10.2. The van der Waals surface area contributed by atoms with Crippen LogP contribution in [0.15, 0.2) is 76.5 Å². The summed E-state index contributed by atoms with van der Waals surface area (Å²) < 4.78 is 22.6. The number of rotatable bonds is 7. The van der Waals surface area contributed by atoms with Crippen molar-refractivity contribution < 1.29 is 18.0 Å². The maximum atomic E-state index is 12.5. The van der Waals surface area contributed by atoms with Crippen LogP contribution in [0.4, 0.5) is 11.4 Å². The molecule has 0 aliphatic rings. The van der Waals surface area contributed by atoms with E-state index < -0.39 is 15.3 Å². The van der Waals surface area contributed by atoms with Crippen LogP contribution in [0.3, 0.4) is 0 Å². The second kappa shape index (κ2) is 10.6. The minimum atomic E-state index is -3.79. The molecule has 172 valence electrons. The van der Waals surface area contributed by atoms with Crippen LogP contribution >= 0.6 is 35.0 Å². The number of hydrogen-bond donors (Lipinski definition) is 3. The zero-order valence-electron chi connectivity index (χ0n) is 17.2. The lowest BCUT2D eigenvalue weighted by Gasteiger charge is -2.13. The number of primary sulfonamides is 1. The van der Waals surface area contributed by atoms with Crippen LogP contribution in [0.1, 0.15) is 17.3 Å². The van der Waals surface area contributed by atoms with Gasteiger partial charge in [-0.1, -0.05) is 23.2 Å². The molecule has 0 radical (unpaired) electrons. The Bertz CT molecular complexity index is 1280. The number of nitrogens with two attached hydrogens (primary N) is 1. The number of benzene rings is 3. The summed E-state index contributed by atoms with van der Waals surface area (Å²) in [6.45, 7) is 1.75. The lowest BCUT2D eigenvalue weighted by molar-refractivity contribution is -0.115. The van der Waals surface area contributed by atoms with Crippen molar-refractivity contribution in [2.24, 2.45) is 5.14 Å². The maximum absolute atomic E-state index is 12.5. The fourth-order valence-electron chi connectivity index (χ4n) is 2.72. The van der Waals surface area contributed by atoms with E-state index in [0.29, 0.717) is 22.0 Å². The van der Waals surface area contributed by atoms with Crippen LogP contribution in [0, 0.1) is 0 Å². The fraction of sp³-hybridized carbons (Fsp3) is 0.0909. The summed E-state index contributed by atoms with van der Waals surface area (Å²) in [6, 6.07) is 17.2. The number of hydrogen-bond acceptors (Lipinski definition) is 5. The molecule has 0 bridgehead atoms. The molecule has 33 heavy (non-hydrogen) atoms. The Kier molecular flexibility index (Phi) is 8.04. The van der Waals surface area contributed by atoms with Crippen molar-refractivity contribution in [3.8, 4) is 0 Å². The Morgan fingerprint density at radius 2 is 1.48 bits per heavy atom. The highest BCUT2D eigenvalue weighted by atomic mass is 35.5. The monoisotopic (exact) mass is 523 g/mol. The average Bonchev–Trinajstić information content (AvgIpc) is 2.74. The van der Waals surface area contributed by atoms with Crippen LogP contribution in [0.5, 0.6) is 0 Å². The first kappa shape index (κ1) is 25.1. The van der Waals surface area contributed by atoms with Crippen molar-refractivity contribution in [2.75, 3.05) is 10.6 Å². The van der Waals surface area contributed by atoms with Gasteiger partial charge in [0.15, 0.2) is 0 Å². The lowest BCUT2D eigenvalue weighted by Crippen LogP contribution is -2.22. The summed E-state index contributed by atoms with van der Waals surface area (Å²) in [4.78, 5) is 25.7. The molecule has 3 rings (SSSR count). The van der Waals surface area contributed by atoms with Crippen LogP contribution in [0.25, 0.3) is 0 Å². The van der Waals surface area contributed by atoms with Gasteiger partial charge in [-0.25, -0.2) is 13.6 Å². The number of nitrogens with one attached hydrogen (secondary N) is 2. The van der Waals surface area contributed by atoms with E-state index >= 15 is 0 Å². The molecule has 0 saturated heterocycles.